The minimum absolute atomic E-state index is 0.0416. The number of rotatable bonds is 12. The van der Waals surface area contributed by atoms with Crippen LogP contribution < -0.4 is 14.8 Å². The van der Waals surface area contributed by atoms with Gasteiger partial charge in [0.2, 0.25) is 5.91 Å². The predicted molar refractivity (Wildman–Crippen MR) is 116 cm³/mol. The van der Waals surface area contributed by atoms with Crippen molar-refractivity contribution in [3.63, 3.8) is 0 Å². The lowest BCUT2D eigenvalue weighted by Gasteiger charge is -2.17. The number of aromatic nitrogens is 1. The van der Waals surface area contributed by atoms with Crippen molar-refractivity contribution in [2.24, 2.45) is 0 Å². The molecule has 0 saturated carbocycles. The quantitative estimate of drug-likeness (QED) is 0.514. The Morgan fingerprint density at radius 2 is 1.87 bits per heavy atom. The largest absolute Gasteiger partial charge is 0.493 e. The fraction of sp³-hybridized carbons (Fsp3) is 0.455. The van der Waals surface area contributed by atoms with E-state index >= 15 is 0 Å². The molecule has 0 aliphatic rings. The maximum atomic E-state index is 12.2. The third-order valence-corrected chi connectivity index (χ3v) is 6.23. The molecule has 0 saturated heterocycles. The van der Waals surface area contributed by atoms with Crippen LogP contribution in [-0.4, -0.2) is 37.9 Å². The van der Waals surface area contributed by atoms with E-state index < -0.39 is 21.5 Å². The molecule has 164 valence electrons. The van der Waals surface area contributed by atoms with Gasteiger partial charge in [-0.2, -0.15) is 0 Å². The first-order chi connectivity index (χ1) is 14.3. The van der Waals surface area contributed by atoms with E-state index in [0.717, 1.165) is 24.0 Å². The highest BCUT2D eigenvalue weighted by atomic mass is 32.2. The number of pyridine rings is 1. The smallest absolute Gasteiger partial charge is 0.235 e. The van der Waals surface area contributed by atoms with Gasteiger partial charge in [-0.05, 0) is 48.7 Å². The second kappa shape index (κ2) is 11.5. The van der Waals surface area contributed by atoms with Gasteiger partial charge >= 0.3 is 0 Å². The Kier molecular flexibility index (Phi) is 9.11. The van der Waals surface area contributed by atoms with Crippen molar-refractivity contribution in [2.45, 2.75) is 45.8 Å². The van der Waals surface area contributed by atoms with Crippen LogP contribution in [-0.2, 0) is 21.2 Å². The van der Waals surface area contributed by atoms with Crippen molar-refractivity contribution in [1.29, 1.82) is 0 Å². The Hall–Kier alpha value is -2.61. The topological polar surface area (TPSA) is 94.6 Å². The number of benzene rings is 1. The van der Waals surface area contributed by atoms with Crippen LogP contribution in [0.25, 0.3) is 0 Å². The van der Waals surface area contributed by atoms with Gasteiger partial charge in [-0.25, -0.2) is 8.42 Å². The van der Waals surface area contributed by atoms with Crippen molar-refractivity contribution >= 4 is 15.7 Å². The van der Waals surface area contributed by atoms with Crippen LogP contribution in [0.2, 0.25) is 0 Å². The molecule has 1 atom stereocenters. The Morgan fingerprint density at radius 1 is 1.13 bits per heavy atom. The minimum Gasteiger partial charge on any atom is -0.493 e. The van der Waals surface area contributed by atoms with E-state index in [1.54, 1.807) is 38.6 Å². The molecule has 2 aromatic rings. The zero-order chi connectivity index (χ0) is 22.0. The molecule has 0 fully saturated rings. The van der Waals surface area contributed by atoms with Gasteiger partial charge in [0, 0.05) is 12.4 Å². The van der Waals surface area contributed by atoms with E-state index in [1.165, 1.54) is 0 Å². The number of methoxy groups -OCH3 is 1. The zero-order valence-electron chi connectivity index (χ0n) is 17.8. The van der Waals surface area contributed by atoms with E-state index in [4.69, 9.17) is 9.47 Å². The van der Waals surface area contributed by atoms with Gasteiger partial charge in [-0.1, -0.05) is 25.8 Å². The summed E-state index contributed by atoms with van der Waals surface area (Å²) in [5.41, 5.74) is 1.77. The number of ether oxygens (including phenoxy) is 2. The number of hydrogen-bond acceptors (Lipinski definition) is 6. The van der Waals surface area contributed by atoms with Crippen LogP contribution in [0.1, 0.15) is 50.3 Å². The molecular weight excluding hydrogens is 404 g/mol. The second-order valence-electron chi connectivity index (χ2n) is 7.14. The maximum Gasteiger partial charge on any atom is 0.235 e. The number of carbonyl (C=O) groups excluding carboxylic acids is 1. The van der Waals surface area contributed by atoms with Gasteiger partial charge in [0.1, 0.15) is 12.4 Å². The maximum absolute atomic E-state index is 12.2. The van der Waals surface area contributed by atoms with E-state index in [-0.39, 0.29) is 11.8 Å². The average Bonchev–Trinajstić information content (AvgIpc) is 2.72. The number of nitrogens with zero attached hydrogens (tertiary/aromatic N) is 1. The normalized spacial score (nSPS) is 12.2. The van der Waals surface area contributed by atoms with Crippen LogP contribution in [0, 0.1) is 0 Å². The standard InChI is InChI=1S/C22H30N2O5S/c1-4-5-6-13-30(26,27)16-22(25)24-17(2)19-7-8-20(21(14-19)28-3)29-15-18-9-11-23-12-10-18/h7-12,14,17H,4-6,13,15-16H2,1-3H3,(H,24,25). The fourth-order valence-corrected chi connectivity index (χ4v) is 4.19. The monoisotopic (exact) mass is 434 g/mol. The molecule has 0 aliphatic carbocycles. The molecule has 30 heavy (non-hydrogen) atoms. The van der Waals surface area contributed by atoms with Crippen LogP contribution in [0.4, 0.5) is 0 Å². The highest BCUT2D eigenvalue weighted by Crippen LogP contribution is 2.31. The predicted octanol–water partition coefficient (Wildman–Crippen LogP) is 3.45. The van der Waals surface area contributed by atoms with Crippen molar-refractivity contribution in [3.05, 3.63) is 53.9 Å². The molecule has 0 aliphatic heterocycles. The molecule has 0 bridgehead atoms. The summed E-state index contributed by atoms with van der Waals surface area (Å²) >= 11 is 0. The number of carbonyl (C=O) groups is 1. The molecule has 1 unspecified atom stereocenters. The summed E-state index contributed by atoms with van der Waals surface area (Å²) < 4.78 is 35.4. The van der Waals surface area contributed by atoms with Crippen molar-refractivity contribution in [2.75, 3.05) is 18.6 Å². The highest BCUT2D eigenvalue weighted by Gasteiger charge is 2.19. The summed E-state index contributed by atoms with van der Waals surface area (Å²) in [5.74, 6) is 0.159. The molecule has 0 radical (unpaired) electrons. The molecule has 1 aromatic heterocycles. The zero-order valence-corrected chi connectivity index (χ0v) is 18.6. The fourth-order valence-electron chi connectivity index (χ4n) is 2.92. The van der Waals surface area contributed by atoms with Gasteiger partial charge in [0.05, 0.1) is 18.9 Å². The van der Waals surface area contributed by atoms with E-state index in [9.17, 15) is 13.2 Å². The SMILES string of the molecule is CCCCCS(=O)(=O)CC(=O)NC(C)c1ccc(OCc2ccncc2)c(OC)c1. The lowest BCUT2D eigenvalue weighted by molar-refractivity contribution is -0.119. The summed E-state index contributed by atoms with van der Waals surface area (Å²) in [5, 5.41) is 2.75. The van der Waals surface area contributed by atoms with E-state index in [2.05, 4.69) is 10.3 Å². The van der Waals surface area contributed by atoms with Gasteiger partial charge in [0.25, 0.3) is 0 Å². The molecule has 0 spiro atoms. The molecule has 1 amide bonds. The molecule has 1 N–H and O–H groups in total. The molecule has 8 heteroatoms. The Balaban J connectivity index is 1.96. The number of sulfone groups is 1. The van der Waals surface area contributed by atoms with Crippen LogP contribution >= 0.6 is 0 Å². The summed E-state index contributed by atoms with van der Waals surface area (Å²) in [6.07, 6.45) is 5.76. The Bertz CT molecular complexity index is 916. The third kappa shape index (κ3) is 7.67. The number of hydrogen-bond donors (Lipinski definition) is 1. The molecule has 2 rings (SSSR count). The summed E-state index contributed by atoms with van der Waals surface area (Å²) in [6.45, 7) is 4.18. The first kappa shape index (κ1) is 23.7. The molecule has 1 heterocycles. The van der Waals surface area contributed by atoms with E-state index in [0.29, 0.717) is 24.5 Å². The summed E-state index contributed by atoms with van der Waals surface area (Å²) in [4.78, 5) is 16.2. The first-order valence-corrected chi connectivity index (χ1v) is 11.9. The highest BCUT2D eigenvalue weighted by molar-refractivity contribution is 7.92. The molecule has 7 nitrogen and oxygen atoms in total. The van der Waals surface area contributed by atoms with Crippen LogP contribution in [0.3, 0.4) is 0 Å². The van der Waals surface area contributed by atoms with Crippen LogP contribution in [0.5, 0.6) is 11.5 Å². The molecule has 1 aromatic carbocycles. The second-order valence-corrected chi connectivity index (χ2v) is 9.33. The lowest BCUT2D eigenvalue weighted by Crippen LogP contribution is -2.33. The lowest BCUT2D eigenvalue weighted by atomic mass is 10.1. The van der Waals surface area contributed by atoms with Crippen molar-refractivity contribution < 1.29 is 22.7 Å². The Morgan fingerprint density at radius 3 is 2.53 bits per heavy atom. The molecular formula is C22H30N2O5S. The number of unbranched alkanes of at least 4 members (excludes halogenated alkanes) is 2. The number of nitrogens with one attached hydrogen (secondary N) is 1. The number of amides is 1. The first-order valence-electron chi connectivity index (χ1n) is 10.0. The van der Waals surface area contributed by atoms with Gasteiger partial charge < -0.3 is 14.8 Å². The van der Waals surface area contributed by atoms with Crippen LogP contribution in [0.15, 0.2) is 42.7 Å². The van der Waals surface area contributed by atoms with E-state index in [1.807, 2.05) is 25.1 Å². The van der Waals surface area contributed by atoms with Gasteiger partial charge in [-0.15, -0.1) is 0 Å². The summed E-state index contributed by atoms with van der Waals surface area (Å²) in [6, 6.07) is 8.75. The van der Waals surface area contributed by atoms with Gasteiger partial charge in [-0.3, -0.25) is 9.78 Å². The third-order valence-electron chi connectivity index (χ3n) is 4.62. The average molecular weight is 435 g/mol. The van der Waals surface area contributed by atoms with Crippen molar-refractivity contribution in [3.8, 4) is 11.5 Å². The van der Waals surface area contributed by atoms with Crippen molar-refractivity contribution in [1.82, 2.24) is 10.3 Å². The summed E-state index contributed by atoms with van der Waals surface area (Å²) in [7, 11) is -1.85. The minimum atomic E-state index is -3.40. The Labute approximate surface area is 178 Å². The van der Waals surface area contributed by atoms with Gasteiger partial charge in [0.15, 0.2) is 21.3 Å².